The Bertz CT molecular complexity index is 761. The summed E-state index contributed by atoms with van der Waals surface area (Å²) in [4.78, 5) is 8.44. The molecular formula is C13H10ClFN4. The van der Waals surface area contributed by atoms with Crippen molar-refractivity contribution in [1.82, 2.24) is 14.5 Å². The molecule has 2 aromatic heterocycles. The maximum absolute atomic E-state index is 14.0. The first-order valence-electron chi connectivity index (χ1n) is 5.63. The summed E-state index contributed by atoms with van der Waals surface area (Å²) in [6.07, 6.45) is 1.68. The molecule has 0 spiro atoms. The van der Waals surface area contributed by atoms with Gasteiger partial charge in [-0.25, -0.2) is 14.4 Å². The molecule has 1 aromatic carbocycles. The summed E-state index contributed by atoms with van der Waals surface area (Å²) in [6.45, 7) is 1.90. The number of imidazole rings is 1. The second kappa shape index (κ2) is 4.20. The number of nitrogens with zero attached hydrogens (tertiary/aromatic N) is 3. The van der Waals surface area contributed by atoms with E-state index in [1.807, 2.05) is 13.0 Å². The zero-order valence-electron chi connectivity index (χ0n) is 10.1. The zero-order chi connectivity index (χ0) is 13.6. The number of hydrogen-bond acceptors (Lipinski definition) is 3. The summed E-state index contributed by atoms with van der Waals surface area (Å²) >= 11 is 6.05. The fourth-order valence-corrected chi connectivity index (χ4v) is 2.25. The second-order valence-electron chi connectivity index (χ2n) is 4.23. The Morgan fingerprint density at radius 2 is 2.16 bits per heavy atom. The summed E-state index contributed by atoms with van der Waals surface area (Å²) in [5.74, 6) is -0.319. The molecule has 0 unspecified atom stereocenters. The molecule has 3 rings (SSSR count). The minimum Gasteiger partial charge on any atom is -0.369 e. The lowest BCUT2D eigenvalue weighted by Crippen LogP contribution is -2.04. The second-order valence-corrected chi connectivity index (χ2v) is 4.64. The normalized spacial score (nSPS) is 11.1. The van der Waals surface area contributed by atoms with Gasteiger partial charge in [-0.15, -0.1) is 0 Å². The zero-order valence-corrected chi connectivity index (χ0v) is 10.8. The number of nitrogens with two attached hydrogens (primary N) is 1. The van der Waals surface area contributed by atoms with Gasteiger partial charge >= 0.3 is 0 Å². The number of anilines is 1. The van der Waals surface area contributed by atoms with E-state index < -0.39 is 5.82 Å². The van der Waals surface area contributed by atoms with E-state index in [9.17, 15) is 4.39 Å². The summed E-state index contributed by atoms with van der Waals surface area (Å²) in [6, 6.07) is 6.29. The lowest BCUT2D eigenvalue weighted by Gasteiger charge is -2.09. The van der Waals surface area contributed by atoms with Gasteiger partial charge in [0, 0.05) is 6.20 Å². The largest absolute Gasteiger partial charge is 0.369 e. The third kappa shape index (κ3) is 1.82. The van der Waals surface area contributed by atoms with E-state index in [2.05, 4.69) is 9.97 Å². The lowest BCUT2D eigenvalue weighted by atomic mass is 10.3. The van der Waals surface area contributed by atoms with E-state index in [4.69, 9.17) is 17.3 Å². The van der Waals surface area contributed by atoms with Gasteiger partial charge in [0.1, 0.15) is 17.0 Å². The smallest absolute Gasteiger partial charge is 0.207 e. The molecule has 6 heteroatoms. The molecule has 0 saturated heterocycles. The number of aromatic nitrogens is 3. The van der Waals surface area contributed by atoms with Crippen LogP contribution in [0.5, 0.6) is 0 Å². The first-order valence-corrected chi connectivity index (χ1v) is 6.00. The van der Waals surface area contributed by atoms with E-state index in [1.54, 1.807) is 12.3 Å². The van der Waals surface area contributed by atoms with Gasteiger partial charge in [0.15, 0.2) is 5.65 Å². The van der Waals surface area contributed by atoms with E-state index in [0.717, 1.165) is 5.56 Å². The predicted octanol–water partition coefficient (Wildman–Crippen LogP) is 3.10. The van der Waals surface area contributed by atoms with Crippen molar-refractivity contribution >= 4 is 28.7 Å². The summed E-state index contributed by atoms with van der Waals surface area (Å²) < 4.78 is 15.4. The number of benzene rings is 1. The van der Waals surface area contributed by atoms with Crippen LogP contribution in [0.25, 0.3) is 16.9 Å². The fourth-order valence-electron chi connectivity index (χ4n) is 2.01. The highest BCUT2D eigenvalue weighted by atomic mass is 35.5. The van der Waals surface area contributed by atoms with Crippen LogP contribution in [0.1, 0.15) is 5.56 Å². The van der Waals surface area contributed by atoms with Crippen molar-refractivity contribution in [2.45, 2.75) is 6.92 Å². The average molecular weight is 277 g/mol. The Labute approximate surface area is 113 Å². The SMILES string of the molecule is Cc1cnc2c(c1)nc(N)n2-c1c(F)cccc1Cl. The molecule has 0 aliphatic heterocycles. The quantitative estimate of drug-likeness (QED) is 0.743. The molecule has 2 heterocycles. The van der Waals surface area contributed by atoms with E-state index in [1.165, 1.54) is 16.7 Å². The van der Waals surface area contributed by atoms with Crippen molar-refractivity contribution in [3.05, 3.63) is 46.9 Å². The first-order chi connectivity index (χ1) is 9.08. The van der Waals surface area contributed by atoms with Crippen LogP contribution in [0.15, 0.2) is 30.5 Å². The Kier molecular flexibility index (Phi) is 2.64. The number of halogens is 2. The van der Waals surface area contributed by atoms with Gasteiger partial charge in [0.25, 0.3) is 0 Å². The molecule has 3 aromatic rings. The lowest BCUT2D eigenvalue weighted by molar-refractivity contribution is 0.620. The highest BCUT2D eigenvalue weighted by Gasteiger charge is 2.17. The number of nitrogen functional groups attached to an aromatic ring is 1. The van der Waals surface area contributed by atoms with Gasteiger partial charge in [-0.05, 0) is 30.7 Å². The third-order valence-corrected chi connectivity index (χ3v) is 3.13. The van der Waals surface area contributed by atoms with Crippen molar-refractivity contribution in [1.29, 1.82) is 0 Å². The maximum atomic E-state index is 14.0. The highest BCUT2D eigenvalue weighted by molar-refractivity contribution is 6.32. The minimum absolute atomic E-state index is 0.153. The van der Waals surface area contributed by atoms with Crippen LogP contribution in [0, 0.1) is 12.7 Å². The van der Waals surface area contributed by atoms with E-state index in [0.29, 0.717) is 11.2 Å². The van der Waals surface area contributed by atoms with Crippen molar-refractivity contribution < 1.29 is 4.39 Å². The molecule has 0 aliphatic rings. The van der Waals surface area contributed by atoms with Gasteiger partial charge in [0.2, 0.25) is 5.95 Å². The van der Waals surface area contributed by atoms with Crippen LogP contribution in [-0.4, -0.2) is 14.5 Å². The Morgan fingerprint density at radius 3 is 2.89 bits per heavy atom. The average Bonchev–Trinajstić information content (AvgIpc) is 2.65. The molecule has 2 N–H and O–H groups in total. The molecule has 0 atom stereocenters. The third-order valence-electron chi connectivity index (χ3n) is 2.82. The molecule has 4 nitrogen and oxygen atoms in total. The van der Waals surface area contributed by atoms with Gasteiger partial charge < -0.3 is 5.73 Å². The number of para-hydroxylation sites is 1. The van der Waals surface area contributed by atoms with Crippen molar-refractivity contribution in [2.75, 3.05) is 5.73 Å². The molecule has 0 radical (unpaired) electrons. The monoisotopic (exact) mass is 276 g/mol. The molecule has 0 aliphatic carbocycles. The van der Waals surface area contributed by atoms with E-state index in [-0.39, 0.29) is 16.7 Å². The topological polar surface area (TPSA) is 56.7 Å². The molecule has 19 heavy (non-hydrogen) atoms. The van der Waals surface area contributed by atoms with Crippen LogP contribution in [0.4, 0.5) is 10.3 Å². The molecular weight excluding hydrogens is 267 g/mol. The fraction of sp³-hybridized carbons (Fsp3) is 0.0769. The van der Waals surface area contributed by atoms with Crippen LogP contribution < -0.4 is 5.73 Å². The number of pyridine rings is 1. The Morgan fingerprint density at radius 1 is 1.37 bits per heavy atom. The van der Waals surface area contributed by atoms with E-state index >= 15 is 0 Å². The van der Waals surface area contributed by atoms with Crippen LogP contribution in [0.3, 0.4) is 0 Å². The standard InChI is InChI=1S/C13H10ClFN4/c1-7-5-10-12(17-6-7)19(13(16)18-10)11-8(14)3-2-4-9(11)15/h2-6H,1H3,(H2,16,18). The van der Waals surface area contributed by atoms with Crippen LogP contribution in [0.2, 0.25) is 5.02 Å². The summed E-state index contributed by atoms with van der Waals surface area (Å²) in [5, 5.41) is 0.258. The Balaban J connectivity index is 2.40. The van der Waals surface area contributed by atoms with Crippen molar-refractivity contribution in [3.63, 3.8) is 0 Å². The van der Waals surface area contributed by atoms with Crippen LogP contribution >= 0.6 is 11.6 Å². The minimum atomic E-state index is -0.471. The van der Waals surface area contributed by atoms with Gasteiger partial charge in [-0.1, -0.05) is 17.7 Å². The maximum Gasteiger partial charge on any atom is 0.207 e. The molecule has 0 fully saturated rings. The van der Waals surface area contributed by atoms with Crippen molar-refractivity contribution in [2.24, 2.45) is 0 Å². The summed E-state index contributed by atoms with van der Waals surface area (Å²) in [7, 11) is 0. The first kappa shape index (κ1) is 11.9. The van der Waals surface area contributed by atoms with Gasteiger partial charge in [-0.3, -0.25) is 4.57 Å². The number of rotatable bonds is 1. The molecule has 0 saturated carbocycles. The number of hydrogen-bond donors (Lipinski definition) is 1. The predicted molar refractivity (Wildman–Crippen MR) is 73.0 cm³/mol. The Hall–Kier alpha value is -2.14. The van der Waals surface area contributed by atoms with Gasteiger partial charge in [0.05, 0.1) is 5.02 Å². The molecule has 0 bridgehead atoms. The highest BCUT2D eigenvalue weighted by Crippen LogP contribution is 2.29. The van der Waals surface area contributed by atoms with Crippen LogP contribution in [-0.2, 0) is 0 Å². The molecule has 96 valence electrons. The number of aryl methyl sites for hydroxylation is 1. The summed E-state index contributed by atoms with van der Waals surface area (Å²) in [5.41, 5.74) is 8.07. The van der Waals surface area contributed by atoms with Crippen molar-refractivity contribution in [3.8, 4) is 5.69 Å². The molecule has 0 amide bonds. The number of fused-ring (bicyclic) bond motifs is 1. The van der Waals surface area contributed by atoms with Gasteiger partial charge in [-0.2, -0.15) is 0 Å².